The van der Waals surface area contributed by atoms with Crippen molar-refractivity contribution in [3.8, 4) is 11.5 Å². The molecule has 2 N–H and O–H groups in total. The average Bonchev–Trinajstić information content (AvgIpc) is 2.83. The van der Waals surface area contributed by atoms with Crippen LogP contribution in [0.2, 0.25) is 0 Å². The summed E-state index contributed by atoms with van der Waals surface area (Å²) in [5.74, 6) is 0.574. The average molecular weight is 257 g/mol. The van der Waals surface area contributed by atoms with Gasteiger partial charge >= 0.3 is 0 Å². The molecule has 3 nitrogen and oxygen atoms in total. The highest BCUT2D eigenvalue weighted by Gasteiger charge is 2.05. The van der Waals surface area contributed by atoms with Crippen LogP contribution in [0.4, 0.5) is 4.39 Å². The molecule has 4 heteroatoms. The van der Waals surface area contributed by atoms with Crippen LogP contribution in [0.1, 0.15) is 5.69 Å². The van der Waals surface area contributed by atoms with Gasteiger partial charge < -0.3 is 14.8 Å². The Morgan fingerprint density at radius 3 is 2.63 bits per heavy atom. The molecule has 96 valence electrons. The number of rotatable bonds is 3. The van der Waals surface area contributed by atoms with Crippen LogP contribution in [0.15, 0.2) is 48.5 Å². The number of hydrogen-bond acceptors (Lipinski definition) is 2. The molecular formula is C15H12FNO2. The first kappa shape index (κ1) is 11.6. The van der Waals surface area contributed by atoms with E-state index in [4.69, 9.17) is 9.84 Å². The van der Waals surface area contributed by atoms with Gasteiger partial charge in [-0.05, 0) is 36.4 Å². The van der Waals surface area contributed by atoms with Crippen molar-refractivity contribution in [1.29, 1.82) is 0 Å². The van der Waals surface area contributed by atoms with Crippen LogP contribution >= 0.6 is 0 Å². The fourth-order valence-electron chi connectivity index (χ4n) is 1.96. The van der Waals surface area contributed by atoms with Crippen molar-refractivity contribution in [2.24, 2.45) is 0 Å². The number of benzene rings is 2. The van der Waals surface area contributed by atoms with Crippen LogP contribution in [-0.2, 0) is 6.61 Å². The summed E-state index contributed by atoms with van der Waals surface area (Å²) < 4.78 is 19.1. The molecule has 3 rings (SSSR count). The third-order valence-electron chi connectivity index (χ3n) is 2.89. The Morgan fingerprint density at radius 1 is 1.11 bits per heavy atom. The van der Waals surface area contributed by atoms with Gasteiger partial charge in [0.1, 0.15) is 23.9 Å². The van der Waals surface area contributed by atoms with E-state index in [9.17, 15) is 4.39 Å². The number of H-pyrrole nitrogens is 1. The Hall–Kier alpha value is -2.49. The third-order valence-corrected chi connectivity index (χ3v) is 2.89. The minimum atomic E-state index is -0.270. The lowest BCUT2D eigenvalue weighted by Gasteiger charge is -2.04. The molecule has 0 saturated heterocycles. The minimum absolute atomic E-state index is 0.194. The molecule has 1 aromatic heterocycles. The number of hydrogen-bond donors (Lipinski definition) is 2. The zero-order valence-corrected chi connectivity index (χ0v) is 10.1. The van der Waals surface area contributed by atoms with Gasteiger partial charge in [-0.1, -0.05) is 12.1 Å². The topological polar surface area (TPSA) is 45.2 Å². The Balaban J connectivity index is 1.78. The molecule has 0 atom stereocenters. The van der Waals surface area contributed by atoms with Crippen LogP contribution in [-0.4, -0.2) is 10.1 Å². The molecule has 0 aliphatic heterocycles. The molecule has 0 aliphatic carbocycles. The summed E-state index contributed by atoms with van der Waals surface area (Å²) in [5, 5.41) is 9.99. The fourth-order valence-corrected chi connectivity index (χ4v) is 1.96. The predicted molar refractivity (Wildman–Crippen MR) is 70.7 cm³/mol. The van der Waals surface area contributed by atoms with Gasteiger partial charge in [0.05, 0.1) is 11.2 Å². The second-order valence-electron chi connectivity index (χ2n) is 4.28. The van der Waals surface area contributed by atoms with Gasteiger partial charge in [0.2, 0.25) is 0 Å². The number of ether oxygens (including phenoxy) is 1. The maximum Gasteiger partial charge on any atom is 0.147 e. The van der Waals surface area contributed by atoms with Crippen LogP contribution in [0.3, 0.4) is 0 Å². The van der Waals surface area contributed by atoms with Crippen molar-refractivity contribution >= 4 is 10.9 Å². The summed E-state index contributed by atoms with van der Waals surface area (Å²) in [5.41, 5.74) is 1.29. The van der Waals surface area contributed by atoms with Crippen molar-refractivity contribution in [1.82, 2.24) is 4.98 Å². The molecule has 19 heavy (non-hydrogen) atoms. The molecule has 2 aromatic carbocycles. The van der Waals surface area contributed by atoms with Crippen molar-refractivity contribution in [3.63, 3.8) is 0 Å². The van der Waals surface area contributed by atoms with E-state index in [1.807, 2.05) is 12.1 Å². The Kier molecular flexibility index (Phi) is 2.83. The van der Waals surface area contributed by atoms with E-state index in [2.05, 4.69) is 4.98 Å². The lowest BCUT2D eigenvalue weighted by Crippen LogP contribution is -1.95. The number of phenols is 1. The molecule has 0 amide bonds. The minimum Gasteiger partial charge on any atom is -0.508 e. The maximum absolute atomic E-state index is 13.5. The quantitative estimate of drug-likeness (QED) is 0.753. The second kappa shape index (κ2) is 4.65. The molecule has 1 heterocycles. The van der Waals surface area contributed by atoms with Gasteiger partial charge in [0, 0.05) is 5.39 Å². The number of aromatic nitrogens is 1. The highest BCUT2D eigenvalue weighted by atomic mass is 19.1. The molecule has 0 fully saturated rings. The van der Waals surface area contributed by atoms with Gasteiger partial charge in [0.15, 0.2) is 0 Å². The monoisotopic (exact) mass is 257 g/mol. The first-order valence-corrected chi connectivity index (χ1v) is 5.90. The van der Waals surface area contributed by atoms with E-state index in [0.717, 1.165) is 11.1 Å². The molecule has 0 saturated carbocycles. The number of para-hydroxylation sites is 1. The largest absolute Gasteiger partial charge is 0.508 e. The zero-order valence-electron chi connectivity index (χ0n) is 10.1. The van der Waals surface area contributed by atoms with E-state index in [0.29, 0.717) is 17.9 Å². The van der Waals surface area contributed by atoms with E-state index >= 15 is 0 Å². The summed E-state index contributed by atoms with van der Waals surface area (Å²) in [6.45, 7) is 0.318. The molecule has 0 aliphatic rings. The Bertz CT molecular complexity index is 704. The van der Waals surface area contributed by atoms with E-state index in [1.54, 1.807) is 30.3 Å². The van der Waals surface area contributed by atoms with Crippen molar-refractivity contribution in [3.05, 3.63) is 60.0 Å². The third kappa shape index (κ3) is 2.38. The van der Waals surface area contributed by atoms with Crippen LogP contribution in [0.5, 0.6) is 11.5 Å². The molecular weight excluding hydrogens is 245 g/mol. The van der Waals surface area contributed by atoms with Gasteiger partial charge in [0.25, 0.3) is 0 Å². The Morgan fingerprint density at radius 2 is 1.89 bits per heavy atom. The van der Waals surface area contributed by atoms with Gasteiger partial charge in [-0.3, -0.25) is 0 Å². The normalized spacial score (nSPS) is 10.8. The standard InChI is InChI=1S/C15H12FNO2/c16-14-3-1-2-10-8-11(17-15(10)14)9-19-13-6-4-12(18)5-7-13/h1-8,17-18H,9H2. The van der Waals surface area contributed by atoms with Gasteiger partial charge in [-0.15, -0.1) is 0 Å². The Labute approximate surface area is 109 Å². The summed E-state index contributed by atoms with van der Waals surface area (Å²) in [4.78, 5) is 3.00. The molecule has 0 spiro atoms. The predicted octanol–water partition coefficient (Wildman–Crippen LogP) is 3.59. The van der Waals surface area contributed by atoms with Crippen molar-refractivity contribution in [2.75, 3.05) is 0 Å². The summed E-state index contributed by atoms with van der Waals surface area (Å²) in [6.07, 6.45) is 0. The summed E-state index contributed by atoms with van der Waals surface area (Å²) in [7, 11) is 0. The first-order chi connectivity index (χ1) is 9.22. The van der Waals surface area contributed by atoms with Crippen LogP contribution in [0.25, 0.3) is 10.9 Å². The van der Waals surface area contributed by atoms with Crippen LogP contribution in [0, 0.1) is 5.82 Å². The first-order valence-electron chi connectivity index (χ1n) is 5.90. The SMILES string of the molecule is Oc1ccc(OCc2cc3cccc(F)c3[nH]2)cc1. The lowest BCUT2D eigenvalue weighted by molar-refractivity contribution is 0.302. The number of fused-ring (bicyclic) bond motifs is 1. The lowest BCUT2D eigenvalue weighted by atomic mass is 10.2. The fraction of sp³-hybridized carbons (Fsp3) is 0.0667. The summed E-state index contributed by atoms with van der Waals surface area (Å²) >= 11 is 0. The molecule has 3 aromatic rings. The zero-order chi connectivity index (χ0) is 13.2. The summed E-state index contributed by atoms with van der Waals surface area (Å²) in [6, 6.07) is 13.3. The van der Waals surface area contributed by atoms with Gasteiger partial charge in [-0.2, -0.15) is 0 Å². The number of phenolic OH excluding ortho intramolecular Hbond substituents is 1. The number of halogens is 1. The molecule has 0 unspecified atom stereocenters. The highest BCUT2D eigenvalue weighted by molar-refractivity contribution is 5.80. The number of aromatic amines is 1. The van der Waals surface area contributed by atoms with Crippen LogP contribution < -0.4 is 4.74 Å². The number of aromatic hydroxyl groups is 1. The molecule has 0 radical (unpaired) electrons. The maximum atomic E-state index is 13.5. The van der Waals surface area contributed by atoms with Crippen molar-refractivity contribution in [2.45, 2.75) is 6.61 Å². The van der Waals surface area contributed by atoms with E-state index in [-0.39, 0.29) is 11.6 Å². The smallest absolute Gasteiger partial charge is 0.147 e. The highest BCUT2D eigenvalue weighted by Crippen LogP contribution is 2.20. The molecule has 0 bridgehead atoms. The van der Waals surface area contributed by atoms with E-state index in [1.165, 1.54) is 6.07 Å². The van der Waals surface area contributed by atoms with Gasteiger partial charge in [-0.25, -0.2) is 4.39 Å². The van der Waals surface area contributed by atoms with E-state index < -0.39 is 0 Å². The number of nitrogens with one attached hydrogen (secondary N) is 1. The second-order valence-corrected chi connectivity index (χ2v) is 4.28. The van der Waals surface area contributed by atoms with Crippen molar-refractivity contribution < 1.29 is 14.2 Å².